The molecule has 1 aromatic rings. The molecule has 3 nitrogen and oxygen atoms in total. The zero-order valence-corrected chi connectivity index (χ0v) is 12.6. The summed E-state index contributed by atoms with van der Waals surface area (Å²) >= 11 is 0. The largest absolute Gasteiger partial charge is 0.507 e. The summed E-state index contributed by atoms with van der Waals surface area (Å²) in [5.41, 5.74) is 3.33. The van der Waals surface area contributed by atoms with Gasteiger partial charge in [0.2, 0.25) is 0 Å². The van der Waals surface area contributed by atoms with Crippen molar-refractivity contribution in [2.24, 2.45) is 0 Å². The van der Waals surface area contributed by atoms with Crippen LogP contribution in [-0.2, 0) is 12.0 Å². The van der Waals surface area contributed by atoms with Crippen LogP contribution in [0, 0.1) is 6.92 Å². The van der Waals surface area contributed by atoms with Crippen molar-refractivity contribution in [3.8, 4) is 5.75 Å². The van der Waals surface area contributed by atoms with Crippen LogP contribution in [0.1, 0.15) is 37.5 Å². The average molecular weight is 262 g/mol. The van der Waals surface area contributed by atoms with Crippen LogP contribution in [0.5, 0.6) is 5.75 Å². The topological polar surface area (TPSA) is 35.5 Å². The van der Waals surface area contributed by atoms with Crippen molar-refractivity contribution >= 4 is 0 Å². The highest BCUT2D eigenvalue weighted by Gasteiger charge is 2.22. The Labute approximate surface area is 116 Å². The Morgan fingerprint density at radius 3 is 2.42 bits per heavy atom. The molecule has 3 heteroatoms. The maximum atomic E-state index is 10.5. The lowest BCUT2D eigenvalue weighted by molar-refractivity contribution is 0.230. The smallest absolute Gasteiger partial charge is 0.123 e. The van der Waals surface area contributed by atoms with E-state index in [9.17, 15) is 5.11 Å². The van der Waals surface area contributed by atoms with E-state index in [4.69, 9.17) is 0 Å². The molecule has 0 spiro atoms. The summed E-state index contributed by atoms with van der Waals surface area (Å²) in [6, 6.07) is 4.23. The second kappa shape index (κ2) is 5.51. The number of nitrogens with zero attached hydrogens (tertiary/aromatic N) is 1. The second-order valence-electron chi connectivity index (χ2n) is 6.60. The minimum Gasteiger partial charge on any atom is -0.507 e. The normalized spacial score (nSPS) is 17.7. The van der Waals surface area contributed by atoms with Crippen molar-refractivity contribution in [2.75, 3.05) is 26.2 Å². The molecule has 0 unspecified atom stereocenters. The summed E-state index contributed by atoms with van der Waals surface area (Å²) in [5, 5.41) is 13.9. The maximum Gasteiger partial charge on any atom is 0.123 e. The average Bonchev–Trinajstić information content (AvgIpc) is 2.33. The number of piperazine rings is 1. The van der Waals surface area contributed by atoms with Gasteiger partial charge >= 0.3 is 0 Å². The Hall–Kier alpha value is -1.06. The van der Waals surface area contributed by atoms with Gasteiger partial charge in [0.05, 0.1) is 0 Å². The minimum absolute atomic E-state index is 0.0195. The molecular weight excluding hydrogens is 236 g/mol. The number of phenols is 1. The Bertz CT molecular complexity index is 443. The van der Waals surface area contributed by atoms with Gasteiger partial charge in [0.15, 0.2) is 0 Å². The molecular formula is C16H26N2O. The predicted octanol–water partition coefficient (Wildman–Crippen LogP) is 2.40. The lowest BCUT2D eigenvalue weighted by Gasteiger charge is -2.29. The predicted molar refractivity (Wildman–Crippen MR) is 79.7 cm³/mol. The molecule has 1 aliphatic heterocycles. The van der Waals surface area contributed by atoms with Crippen molar-refractivity contribution in [3.05, 3.63) is 28.8 Å². The fourth-order valence-corrected chi connectivity index (χ4v) is 2.66. The molecule has 2 rings (SSSR count). The summed E-state index contributed by atoms with van der Waals surface area (Å²) in [7, 11) is 0. The summed E-state index contributed by atoms with van der Waals surface area (Å²) in [5.74, 6) is 0.483. The highest BCUT2D eigenvalue weighted by molar-refractivity contribution is 5.46. The van der Waals surface area contributed by atoms with Crippen molar-refractivity contribution in [2.45, 2.75) is 39.7 Å². The van der Waals surface area contributed by atoms with Gasteiger partial charge in [-0.25, -0.2) is 0 Å². The quantitative estimate of drug-likeness (QED) is 0.859. The Morgan fingerprint density at radius 2 is 1.84 bits per heavy atom. The first kappa shape index (κ1) is 14.4. The molecule has 0 aliphatic carbocycles. The number of hydrogen-bond acceptors (Lipinski definition) is 3. The van der Waals surface area contributed by atoms with Crippen LogP contribution in [-0.4, -0.2) is 36.2 Å². The molecule has 1 heterocycles. The third-order valence-electron chi connectivity index (χ3n) is 3.74. The summed E-state index contributed by atoms with van der Waals surface area (Å²) in [6.45, 7) is 13.6. The van der Waals surface area contributed by atoms with Crippen LogP contribution in [0.15, 0.2) is 12.1 Å². The Balaban J connectivity index is 2.27. The van der Waals surface area contributed by atoms with Gasteiger partial charge in [-0.05, 0) is 17.9 Å². The molecule has 0 radical (unpaired) electrons. The van der Waals surface area contributed by atoms with E-state index in [1.54, 1.807) is 0 Å². The Kier molecular flexibility index (Phi) is 4.16. The number of nitrogens with one attached hydrogen (secondary N) is 1. The number of hydrogen-bond donors (Lipinski definition) is 2. The van der Waals surface area contributed by atoms with E-state index in [-0.39, 0.29) is 5.41 Å². The number of aryl methyl sites for hydroxylation is 1. The highest BCUT2D eigenvalue weighted by Crippen LogP contribution is 2.34. The lowest BCUT2D eigenvalue weighted by atomic mass is 9.84. The van der Waals surface area contributed by atoms with Crippen LogP contribution < -0.4 is 5.32 Å². The van der Waals surface area contributed by atoms with E-state index in [1.807, 2.05) is 0 Å². The van der Waals surface area contributed by atoms with E-state index in [1.165, 1.54) is 5.56 Å². The number of rotatable bonds is 2. The third-order valence-corrected chi connectivity index (χ3v) is 3.74. The first-order valence-electron chi connectivity index (χ1n) is 7.14. The minimum atomic E-state index is -0.0195. The first-order chi connectivity index (χ1) is 8.88. The molecule has 0 amide bonds. The van der Waals surface area contributed by atoms with Gasteiger partial charge in [0.25, 0.3) is 0 Å². The molecule has 1 saturated heterocycles. The van der Waals surface area contributed by atoms with E-state index in [0.717, 1.165) is 43.9 Å². The van der Waals surface area contributed by atoms with Gasteiger partial charge in [-0.1, -0.05) is 38.5 Å². The van der Waals surface area contributed by atoms with Gasteiger partial charge < -0.3 is 10.4 Å². The molecule has 1 fully saturated rings. The fraction of sp³-hybridized carbons (Fsp3) is 0.625. The molecule has 0 bridgehead atoms. The molecule has 2 N–H and O–H groups in total. The summed E-state index contributed by atoms with van der Waals surface area (Å²) in [6.07, 6.45) is 0. The van der Waals surface area contributed by atoms with Crippen molar-refractivity contribution < 1.29 is 5.11 Å². The number of phenolic OH excluding ortho intramolecular Hbond substituents is 1. The molecule has 1 aromatic carbocycles. The van der Waals surface area contributed by atoms with E-state index >= 15 is 0 Å². The van der Waals surface area contributed by atoms with Gasteiger partial charge in [-0.3, -0.25) is 4.90 Å². The number of benzene rings is 1. The monoisotopic (exact) mass is 262 g/mol. The van der Waals surface area contributed by atoms with Crippen molar-refractivity contribution in [3.63, 3.8) is 0 Å². The second-order valence-corrected chi connectivity index (χ2v) is 6.60. The van der Waals surface area contributed by atoms with Crippen molar-refractivity contribution in [1.29, 1.82) is 0 Å². The number of aromatic hydroxyl groups is 1. The molecule has 0 atom stereocenters. The van der Waals surface area contributed by atoms with E-state index in [2.05, 4.69) is 50.0 Å². The molecule has 1 aliphatic rings. The fourth-order valence-electron chi connectivity index (χ4n) is 2.66. The lowest BCUT2D eigenvalue weighted by Crippen LogP contribution is -2.42. The molecule has 0 aromatic heterocycles. The third kappa shape index (κ3) is 3.48. The van der Waals surface area contributed by atoms with Crippen LogP contribution in [0.25, 0.3) is 0 Å². The SMILES string of the molecule is Cc1cc(CN2CCNCC2)c(O)c(C(C)(C)C)c1. The van der Waals surface area contributed by atoms with Crippen LogP contribution in [0.2, 0.25) is 0 Å². The van der Waals surface area contributed by atoms with Crippen LogP contribution in [0.3, 0.4) is 0 Å². The van der Waals surface area contributed by atoms with E-state index in [0.29, 0.717) is 5.75 Å². The van der Waals surface area contributed by atoms with Gasteiger partial charge in [0.1, 0.15) is 5.75 Å². The maximum absolute atomic E-state index is 10.5. The standard InChI is InChI=1S/C16H26N2O/c1-12-9-13(11-18-7-5-17-6-8-18)15(19)14(10-12)16(2,3)4/h9-10,17,19H,5-8,11H2,1-4H3. The van der Waals surface area contributed by atoms with Gasteiger partial charge in [0, 0.05) is 38.3 Å². The van der Waals surface area contributed by atoms with Crippen LogP contribution >= 0.6 is 0 Å². The summed E-state index contributed by atoms with van der Waals surface area (Å²) < 4.78 is 0. The highest BCUT2D eigenvalue weighted by atomic mass is 16.3. The van der Waals surface area contributed by atoms with E-state index < -0.39 is 0 Å². The molecule has 106 valence electrons. The van der Waals surface area contributed by atoms with Gasteiger partial charge in [-0.15, -0.1) is 0 Å². The molecule has 19 heavy (non-hydrogen) atoms. The van der Waals surface area contributed by atoms with Crippen LogP contribution in [0.4, 0.5) is 0 Å². The summed E-state index contributed by atoms with van der Waals surface area (Å²) in [4.78, 5) is 2.40. The zero-order valence-electron chi connectivity index (χ0n) is 12.6. The Morgan fingerprint density at radius 1 is 1.21 bits per heavy atom. The molecule has 0 saturated carbocycles. The van der Waals surface area contributed by atoms with Gasteiger partial charge in [-0.2, -0.15) is 0 Å². The first-order valence-corrected chi connectivity index (χ1v) is 7.14. The zero-order chi connectivity index (χ0) is 14.0. The van der Waals surface area contributed by atoms with Crippen molar-refractivity contribution in [1.82, 2.24) is 10.2 Å².